The first-order valence-corrected chi connectivity index (χ1v) is 20.8. The number of ether oxygens (including phenoxy) is 4. The number of anilines is 1. The van der Waals surface area contributed by atoms with Gasteiger partial charge in [0, 0.05) is 18.1 Å². The highest BCUT2D eigenvalue weighted by Crippen LogP contribution is 2.38. The molecule has 2 aliphatic rings. The molecule has 4 unspecified atom stereocenters. The Morgan fingerprint density at radius 3 is 1.55 bits per heavy atom. The van der Waals surface area contributed by atoms with Gasteiger partial charge in [0.05, 0.1) is 22.7 Å². The molecule has 0 bridgehead atoms. The smallest absolute Gasteiger partial charge is 0.343 e. The van der Waals surface area contributed by atoms with Crippen LogP contribution in [0, 0.1) is 46.9 Å². The Morgan fingerprint density at radius 1 is 0.623 bits per heavy atom. The molecule has 0 saturated carbocycles. The molecule has 0 aromatic heterocycles. The van der Waals surface area contributed by atoms with Gasteiger partial charge >= 0.3 is 23.9 Å². The molecule has 1 saturated heterocycles. The molecule has 1 aliphatic heterocycles. The summed E-state index contributed by atoms with van der Waals surface area (Å²) in [5.74, 6) is -8.62. The van der Waals surface area contributed by atoms with Crippen molar-refractivity contribution in [2.75, 3.05) is 4.90 Å². The summed E-state index contributed by atoms with van der Waals surface area (Å²) in [7, 11) is 0. The van der Waals surface area contributed by atoms with Crippen LogP contribution in [0.2, 0.25) is 0 Å². The number of allylic oxidation sites excluding steroid dienone is 3. The minimum absolute atomic E-state index is 0. The number of nitrogens with zero attached hydrogens (tertiary/aromatic N) is 1. The molecule has 5 aromatic rings. The molecule has 69 heavy (non-hydrogen) atoms. The van der Waals surface area contributed by atoms with Gasteiger partial charge in [-0.2, -0.15) is 0 Å². The maximum atomic E-state index is 13.7. The Kier molecular flexibility index (Phi) is 17.3. The summed E-state index contributed by atoms with van der Waals surface area (Å²) in [6, 6.07) is 23.5. The van der Waals surface area contributed by atoms with E-state index in [1.54, 1.807) is 43.3 Å². The molecular weight excluding hydrogens is 899 g/mol. The van der Waals surface area contributed by atoms with Gasteiger partial charge in [-0.25, -0.2) is 36.7 Å². The highest BCUT2D eigenvalue weighted by molar-refractivity contribution is 6.22. The number of benzene rings is 5. The topological polar surface area (TPSA) is 143 Å². The molecule has 0 N–H and O–H groups in total. The predicted octanol–water partition coefficient (Wildman–Crippen LogP) is 11.4. The molecule has 2 amide bonds. The van der Waals surface area contributed by atoms with Crippen LogP contribution >= 0.6 is 0 Å². The number of hydrogen-bond acceptors (Lipinski definition) is 10. The third-order valence-electron chi connectivity index (χ3n) is 11.1. The third kappa shape index (κ3) is 13.0. The molecular formula is C54H47F4NO10. The lowest BCUT2D eigenvalue weighted by Crippen LogP contribution is -2.31. The van der Waals surface area contributed by atoms with E-state index in [-0.39, 0.29) is 66.9 Å². The average Bonchev–Trinajstić information content (AvgIpc) is 3.52. The van der Waals surface area contributed by atoms with Crippen LogP contribution in [0.4, 0.5) is 23.2 Å². The number of amides is 2. The van der Waals surface area contributed by atoms with E-state index < -0.39 is 59.0 Å². The van der Waals surface area contributed by atoms with E-state index in [4.69, 9.17) is 18.9 Å². The fraction of sp³-hybridized carbons (Fsp3) is 0.185. The van der Waals surface area contributed by atoms with Gasteiger partial charge in [-0.05, 0) is 145 Å². The Bertz CT molecular complexity index is 2850. The van der Waals surface area contributed by atoms with Gasteiger partial charge in [0.15, 0.2) is 23.3 Å². The molecule has 1 fully saturated rings. The molecule has 1 aliphatic carbocycles. The second-order valence-corrected chi connectivity index (χ2v) is 15.7. The van der Waals surface area contributed by atoms with Crippen LogP contribution in [-0.4, -0.2) is 35.7 Å². The van der Waals surface area contributed by atoms with E-state index in [0.29, 0.717) is 35.4 Å². The zero-order chi connectivity index (χ0) is 47.8. The highest BCUT2D eigenvalue weighted by Gasteiger charge is 2.46. The maximum absolute atomic E-state index is 13.7. The summed E-state index contributed by atoms with van der Waals surface area (Å²) in [4.78, 5) is 77.9. The second kappa shape index (κ2) is 23.0. The Balaban J connectivity index is 0.00000444. The summed E-state index contributed by atoms with van der Waals surface area (Å²) >= 11 is 0. The summed E-state index contributed by atoms with van der Waals surface area (Å²) in [6.45, 7) is 3.72. The van der Waals surface area contributed by atoms with E-state index >= 15 is 0 Å². The first-order valence-electron chi connectivity index (χ1n) is 20.8. The summed E-state index contributed by atoms with van der Waals surface area (Å²) < 4.78 is 74.6. The van der Waals surface area contributed by atoms with E-state index in [2.05, 4.69) is 0 Å². The predicted molar refractivity (Wildman–Crippen MR) is 249 cm³/mol. The SMILES string of the molecule is C.C.CC(CC1C(=O)N(c2ccc(OC(=O)/C=C/c3ccc(OC(=O)c4ccc(F)c(F)c4)cc3)cc2)C(=O)C1C)C1C=CC(OC(=O)/C=C/c2ccc(OC(=O)c3ccc(F)c(F)c3)cc2)=CC1. The molecule has 11 nitrogen and oxygen atoms in total. The third-order valence-corrected chi connectivity index (χ3v) is 11.1. The van der Waals surface area contributed by atoms with Crippen molar-refractivity contribution in [2.24, 2.45) is 23.7 Å². The van der Waals surface area contributed by atoms with Crippen LogP contribution in [0.5, 0.6) is 17.2 Å². The van der Waals surface area contributed by atoms with Crippen LogP contribution in [-0.2, 0) is 23.9 Å². The van der Waals surface area contributed by atoms with Crippen molar-refractivity contribution >= 4 is 53.5 Å². The second-order valence-electron chi connectivity index (χ2n) is 15.7. The number of carbonyl (C=O) groups excluding carboxylic acids is 6. The number of halogens is 4. The van der Waals surface area contributed by atoms with Gasteiger partial charge in [-0.15, -0.1) is 0 Å². The van der Waals surface area contributed by atoms with Gasteiger partial charge in [-0.1, -0.05) is 59.0 Å². The Hall–Kier alpha value is -8.20. The highest BCUT2D eigenvalue weighted by atomic mass is 19.2. The van der Waals surface area contributed by atoms with Gasteiger partial charge in [0.25, 0.3) is 0 Å². The zero-order valence-corrected chi connectivity index (χ0v) is 35.7. The van der Waals surface area contributed by atoms with Crippen LogP contribution in [0.1, 0.15) is 73.4 Å². The maximum Gasteiger partial charge on any atom is 0.343 e. The lowest BCUT2D eigenvalue weighted by molar-refractivity contribution is -0.133. The van der Waals surface area contributed by atoms with E-state index in [0.717, 1.165) is 41.3 Å². The number of carbonyl (C=O) groups is 6. The number of imide groups is 1. The van der Waals surface area contributed by atoms with Gasteiger partial charge in [-0.3, -0.25) is 14.5 Å². The number of rotatable bonds is 14. The first kappa shape index (κ1) is 51.8. The van der Waals surface area contributed by atoms with E-state index in [9.17, 15) is 46.3 Å². The van der Waals surface area contributed by atoms with Crippen LogP contribution in [0.15, 0.2) is 145 Å². The molecule has 15 heteroatoms. The first-order chi connectivity index (χ1) is 32.1. The van der Waals surface area contributed by atoms with Crippen molar-refractivity contribution in [1.82, 2.24) is 0 Å². The van der Waals surface area contributed by atoms with Gasteiger partial charge < -0.3 is 18.9 Å². The quantitative estimate of drug-likeness (QED) is 0.0347. The van der Waals surface area contributed by atoms with Crippen molar-refractivity contribution < 1.29 is 65.3 Å². The molecule has 0 spiro atoms. The van der Waals surface area contributed by atoms with Gasteiger partial charge in [0.1, 0.15) is 23.0 Å². The molecule has 356 valence electrons. The molecule has 4 atom stereocenters. The van der Waals surface area contributed by atoms with Crippen molar-refractivity contribution in [3.8, 4) is 17.2 Å². The van der Waals surface area contributed by atoms with Gasteiger partial charge in [0.2, 0.25) is 11.8 Å². The number of hydrogen-bond donors (Lipinski definition) is 0. The zero-order valence-electron chi connectivity index (χ0n) is 35.7. The minimum atomic E-state index is -1.18. The lowest BCUT2D eigenvalue weighted by Gasteiger charge is -2.25. The summed E-state index contributed by atoms with van der Waals surface area (Å²) in [6.07, 6.45) is 11.7. The lowest BCUT2D eigenvalue weighted by atomic mass is 9.79. The van der Waals surface area contributed by atoms with Crippen molar-refractivity contribution in [2.45, 2.75) is 41.5 Å². The monoisotopic (exact) mass is 945 g/mol. The van der Waals surface area contributed by atoms with Crippen molar-refractivity contribution in [3.05, 3.63) is 191 Å². The Morgan fingerprint density at radius 2 is 1.09 bits per heavy atom. The van der Waals surface area contributed by atoms with Crippen LogP contribution < -0.4 is 19.1 Å². The summed E-state index contributed by atoms with van der Waals surface area (Å²) in [5, 5.41) is 0. The van der Waals surface area contributed by atoms with Crippen LogP contribution in [0.3, 0.4) is 0 Å². The molecule has 5 aromatic carbocycles. The normalized spacial score (nSPS) is 16.9. The fourth-order valence-corrected chi connectivity index (χ4v) is 7.28. The minimum Gasteiger partial charge on any atom is -0.424 e. The summed E-state index contributed by atoms with van der Waals surface area (Å²) in [5.41, 5.74) is 1.18. The largest absolute Gasteiger partial charge is 0.424 e. The standard InChI is InChI=1S/C52H39F4NO10.2CH4/c1-30(34-9-19-38(20-10-34)64-47(58)25-7-32-3-15-40(16-4-32)66-51(62)35-11-23-43(53)45(55)28-35)27-42-31(2)49(60)57(50(42)61)37-13-21-39(22-14-37)65-48(59)26-8-33-5-17-41(18-6-33)67-52(63)36-12-24-44(54)46(56)29-36;;/h3-9,11-26,28-31,34,42H,10,27H2,1-2H3;2*1H4/b25-7+,26-8+;;. The Labute approximate surface area is 396 Å². The van der Waals surface area contributed by atoms with E-state index in [1.807, 2.05) is 13.0 Å². The number of esters is 4. The van der Waals surface area contributed by atoms with Crippen LogP contribution in [0.25, 0.3) is 12.2 Å². The van der Waals surface area contributed by atoms with E-state index in [1.165, 1.54) is 72.8 Å². The van der Waals surface area contributed by atoms with Crippen molar-refractivity contribution in [1.29, 1.82) is 0 Å². The van der Waals surface area contributed by atoms with Crippen molar-refractivity contribution in [3.63, 3.8) is 0 Å². The molecule has 7 rings (SSSR count). The molecule has 0 radical (unpaired) electrons. The molecule has 1 heterocycles. The average molecular weight is 946 g/mol. The fourth-order valence-electron chi connectivity index (χ4n) is 7.28.